The Morgan fingerprint density at radius 3 is 2.78 bits per heavy atom. The van der Waals surface area contributed by atoms with Crippen LogP contribution in [0.3, 0.4) is 0 Å². The van der Waals surface area contributed by atoms with Gasteiger partial charge in [-0.2, -0.15) is 5.26 Å². The van der Waals surface area contributed by atoms with E-state index >= 15 is 0 Å². The molecule has 18 heavy (non-hydrogen) atoms. The molecule has 1 aromatic carbocycles. The van der Waals surface area contributed by atoms with Crippen LogP contribution in [0.5, 0.6) is 0 Å². The molecule has 0 spiro atoms. The van der Waals surface area contributed by atoms with E-state index in [9.17, 15) is 0 Å². The van der Waals surface area contributed by atoms with Crippen LogP contribution in [0.1, 0.15) is 43.9 Å². The van der Waals surface area contributed by atoms with E-state index in [0.717, 1.165) is 31.6 Å². The monoisotopic (exact) mass is 244 g/mol. The number of nitriles is 1. The van der Waals surface area contributed by atoms with Crippen molar-refractivity contribution in [2.75, 3.05) is 13.2 Å². The summed E-state index contributed by atoms with van der Waals surface area (Å²) in [4.78, 5) is 0. The molecule has 96 valence electrons. The summed E-state index contributed by atoms with van der Waals surface area (Å²) < 4.78 is 5.91. The number of hydrogen-bond acceptors (Lipinski definition) is 3. The van der Waals surface area contributed by atoms with Crippen LogP contribution in [0.15, 0.2) is 24.3 Å². The molecule has 0 saturated carbocycles. The van der Waals surface area contributed by atoms with Gasteiger partial charge in [0.25, 0.3) is 0 Å². The van der Waals surface area contributed by atoms with Crippen LogP contribution in [-0.2, 0) is 4.74 Å². The molecule has 3 heteroatoms. The largest absolute Gasteiger partial charge is 0.372 e. The predicted molar refractivity (Wildman–Crippen MR) is 71.2 cm³/mol. The zero-order chi connectivity index (χ0) is 13.0. The lowest BCUT2D eigenvalue weighted by atomic mass is 9.95. The van der Waals surface area contributed by atoms with Crippen molar-refractivity contribution in [3.05, 3.63) is 35.4 Å². The Hall–Kier alpha value is -1.37. The first-order chi connectivity index (χ1) is 8.67. The Balaban J connectivity index is 2.07. The van der Waals surface area contributed by atoms with Crippen molar-refractivity contribution in [2.24, 2.45) is 0 Å². The third-order valence-corrected chi connectivity index (χ3v) is 3.88. The van der Waals surface area contributed by atoms with Gasteiger partial charge in [0, 0.05) is 18.7 Å². The molecule has 1 aliphatic rings. The van der Waals surface area contributed by atoms with Gasteiger partial charge in [-0.05, 0) is 37.5 Å². The Morgan fingerprint density at radius 1 is 1.44 bits per heavy atom. The van der Waals surface area contributed by atoms with Gasteiger partial charge in [-0.25, -0.2) is 0 Å². The van der Waals surface area contributed by atoms with Crippen molar-refractivity contribution in [3.63, 3.8) is 0 Å². The molecule has 0 aliphatic carbocycles. The number of nitrogens with one attached hydrogen (secondary N) is 1. The van der Waals surface area contributed by atoms with Gasteiger partial charge in [-0.15, -0.1) is 0 Å². The average molecular weight is 244 g/mol. The molecule has 2 unspecified atom stereocenters. The zero-order valence-corrected chi connectivity index (χ0v) is 11.1. The topological polar surface area (TPSA) is 45.0 Å². The molecular formula is C15H20N2O. The lowest BCUT2D eigenvalue weighted by molar-refractivity contribution is 0.0653. The van der Waals surface area contributed by atoms with E-state index in [0.29, 0.717) is 5.56 Å². The first kappa shape index (κ1) is 13.1. The quantitative estimate of drug-likeness (QED) is 0.870. The van der Waals surface area contributed by atoms with E-state index in [-0.39, 0.29) is 11.6 Å². The second-order valence-electron chi connectivity index (χ2n) is 5.14. The van der Waals surface area contributed by atoms with Crippen molar-refractivity contribution in [1.82, 2.24) is 5.32 Å². The van der Waals surface area contributed by atoms with Crippen LogP contribution in [0.25, 0.3) is 0 Å². The molecule has 1 fully saturated rings. The summed E-state index contributed by atoms with van der Waals surface area (Å²) in [5, 5.41) is 12.4. The molecule has 0 radical (unpaired) electrons. The highest BCUT2D eigenvalue weighted by molar-refractivity contribution is 5.32. The van der Waals surface area contributed by atoms with Crippen LogP contribution < -0.4 is 5.32 Å². The van der Waals surface area contributed by atoms with Crippen LogP contribution in [0.2, 0.25) is 0 Å². The molecular weight excluding hydrogens is 224 g/mol. The highest BCUT2D eigenvalue weighted by Gasteiger charge is 2.27. The van der Waals surface area contributed by atoms with Crippen LogP contribution in [-0.4, -0.2) is 18.7 Å². The number of nitrogens with zero attached hydrogens (tertiary/aromatic N) is 1. The van der Waals surface area contributed by atoms with Gasteiger partial charge in [0.1, 0.15) is 0 Å². The van der Waals surface area contributed by atoms with Gasteiger partial charge in [0.2, 0.25) is 0 Å². The summed E-state index contributed by atoms with van der Waals surface area (Å²) in [6.07, 6.45) is 2.23. The average Bonchev–Trinajstić information content (AvgIpc) is 2.62. The van der Waals surface area contributed by atoms with Gasteiger partial charge < -0.3 is 10.1 Å². The van der Waals surface area contributed by atoms with E-state index in [4.69, 9.17) is 10.00 Å². The van der Waals surface area contributed by atoms with Crippen LogP contribution >= 0.6 is 0 Å². The second kappa shape index (κ2) is 5.51. The minimum atomic E-state index is 0.0890. The Morgan fingerprint density at radius 2 is 2.17 bits per heavy atom. The van der Waals surface area contributed by atoms with Gasteiger partial charge >= 0.3 is 0 Å². The number of hydrogen-bond donors (Lipinski definition) is 1. The van der Waals surface area contributed by atoms with E-state index in [1.165, 1.54) is 0 Å². The van der Waals surface area contributed by atoms with E-state index < -0.39 is 0 Å². The first-order valence-electron chi connectivity index (χ1n) is 6.53. The molecule has 0 aromatic heterocycles. The molecule has 1 heterocycles. The van der Waals surface area contributed by atoms with Crippen molar-refractivity contribution in [3.8, 4) is 6.07 Å². The van der Waals surface area contributed by atoms with Gasteiger partial charge in [0.05, 0.1) is 17.7 Å². The summed E-state index contributed by atoms with van der Waals surface area (Å²) in [5.74, 6) is 0. The van der Waals surface area contributed by atoms with Crippen molar-refractivity contribution in [1.29, 1.82) is 5.26 Å². The third-order valence-electron chi connectivity index (χ3n) is 3.88. The SMILES string of the molecule is CCC1(C)CCOC(c2ccc(C#N)cc2)CN1. The first-order valence-corrected chi connectivity index (χ1v) is 6.53. The lowest BCUT2D eigenvalue weighted by Gasteiger charge is -2.27. The van der Waals surface area contributed by atoms with Crippen molar-refractivity contribution < 1.29 is 4.74 Å². The van der Waals surface area contributed by atoms with Gasteiger partial charge in [0.15, 0.2) is 0 Å². The number of benzene rings is 1. The smallest absolute Gasteiger partial charge is 0.0991 e. The van der Waals surface area contributed by atoms with Crippen molar-refractivity contribution >= 4 is 0 Å². The normalized spacial score (nSPS) is 28.4. The summed E-state index contributed by atoms with van der Waals surface area (Å²) in [6.45, 7) is 6.06. The van der Waals surface area contributed by atoms with E-state index in [1.807, 2.05) is 24.3 Å². The Bertz CT molecular complexity index is 435. The fourth-order valence-corrected chi connectivity index (χ4v) is 2.20. The molecule has 2 atom stereocenters. The lowest BCUT2D eigenvalue weighted by Crippen LogP contribution is -2.42. The van der Waals surface area contributed by atoms with E-state index in [2.05, 4.69) is 25.2 Å². The minimum absolute atomic E-state index is 0.0890. The summed E-state index contributed by atoms with van der Waals surface area (Å²) >= 11 is 0. The summed E-state index contributed by atoms with van der Waals surface area (Å²) in [5.41, 5.74) is 2.02. The zero-order valence-electron chi connectivity index (χ0n) is 11.1. The number of ether oxygens (including phenoxy) is 1. The minimum Gasteiger partial charge on any atom is -0.372 e. The van der Waals surface area contributed by atoms with Crippen LogP contribution in [0, 0.1) is 11.3 Å². The second-order valence-corrected chi connectivity index (χ2v) is 5.14. The molecule has 0 bridgehead atoms. The highest BCUT2D eigenvalue weighted by Crippen LogP contribution is 2.25. The summed E-state index contributed by atoms with van der Waals surface area (Å²) in [7, 11) is 0. The van der Waals surface area contributed by atoms with Crippen LogP contribution in [0.4, 0.5) is 0 Å². The molecule has 3 nitrogen and oxygen atoms in total. The maximum atomic E-state index is 8.79. The maximum Gasteiger partial charge on any atom is 0.0991 e. The van der Waals surface area contributed by atoms with Crippen molar-refractivity contribution in [2.45, 2.75) is 38.3 Å². The predicted octanol–water partition coefficient (Wildman–Crippen LogP) is 2.78. The van der Waals surface area contributed by atoms with E-state index in [1.54, 1.807) is 0 Å². The molecule has 1 N–H and O–H groups in total. The highest BCUT2D eigenvalue weighted by atomic mass is 16.5. The molecule has 1 aliphatic heterocycles. The van der Waals surface area contributed by atoms with Gasteiger partial charge in [-0.3, -0.25) is 0 Å². The Kier molecular flexibility index (Phi) is 4.00. The molecule has 1 saturated heterocycles. The fourth-order valence-electron chi connectivity index (χ4n) is 2.20. The maximum absolute atomic E-state index is 8.79. The van der Waals surface area contributed by atoms with Gasteiger partial charge in [-0.1, -0.05) is 19.1 Å². The number of rotatable bonds is 2. The third kappa shape index (κ3) is 2.90. The molecule has 0 amide bonds. The Labute approximate surface area is 109 Å². The molecule has 1 aromatic rings. The fraction of sp³-hybridized carbons (Fsp3) is 0.533. The standard InChI is InChI=1S/C15H20N2O/c1-3-15(2)8-9-18-14(11-17-15)13-6-4-12(10-16)5-7-13/h4-7,14,17H,3,8-9,11H2,1-2H3. The molecule has 2 rings (SSSR count). The summed E-state index contributed by atoms with van der Waals surface area (Å²) in [6, 6.07) is 9.81.